The highest BCUT2D eigenvalue weighted by molar-refractivity contribution is 14.0. The Kier molecular flexibility index (Phi) is 9.42. The molecule has 0 spiro atoms. The number of nitrogens with zero attached hydrogens (tertiary/aromatic N) is 1. The van der Waals surface area contributed by atoms with E-state index in [1.807, 2.05) is 0 Å². The lowest BCUT2D eigenvalue weighted by Gasteiger charge is -2.25. The van der Waals surface area contributed by atoms with Gasteiger partial charge in [0.25, 0.3) is 0 Å². The lowest BCUT2D eigenvalue weighted by Crippen LogP contribution is -2.33. The number of ether oxygens (including phenoxy) is 1. The molecule has 6 heteroatoms. The number of halogens is 1. The van der Waals surface area contributed by atoms with Crippen LogP contribution in [0.15, 0.2) is 46.8 Å². The van der Waals surface area contributed by atoms with Gasteiger partial charge in [-0.1, -0.05) is 30.3 Å². The molecule has 1 aromatic carbocycles. The predicted octanol–water partition coefficient (Wildman–Crippen LogP) is 4.30. The van der Waals surface area contributed by atoms with Gasteiger partial charge >= 0.3 is 0 Å². The number of aliphatic imine (C=N–C) groups is 1. The summed E-state index contributed by atoms with van der Waals surface area (Å²) in [4.78, 5) is 5.74. The smallest absolute Gasteiger partial charge is 0.188 e. The number of hydrogen-bond donors (Lipinski definition) is 2. The molecule has 1 unspecified atom stereocenters. The predicted molar refractivity (Wildman–Crippen MR) is 121 cm³/mol. The van der Waals surface area contributed by atoms with Crippen LogP contribution < -0.4 is 11.1 Å². The monoisotopic (exact) mass is 485 g/mol. The van der Waals surface area contributed by atoms with E-state index in [1.54, 1.807) is 11.3 Å². The van der Waals surface area contributed by atoms with E-state index in [4.69, 9.17) is 10.5 Å². The molecule has 1 atom stereocenters. The van der Waals surface area contributed by atoms with Gasteiger partial charge in [-0.2, -0.15) is 0 Å². The summed E-state index contributed by atoms with van der Waals surface area (Å²) >= 11 is 1.77. The van der Waals surface area contributed by atoms with Crippen molar-refractivity contribution >= 4 is 41.3 Å². The Hall–Kier alpha value is -1.12. The fraction of sp³-hybridized carbons (Fsp3) is 0.450. The Morgan fingerprint density at radius 1 is 1.27 bits per heavy atom. The molecule has 26 heavy (non-hydrogen) atoms. The third kappa shape index (κ3) is 6.55. The lowest BCUT2D eigenvalue weighted by atomic mass is 9.89. The van der Waals surface area contributed by atoms with Crippen LogP contribution in [0.25, 0.3) is 0 Å². The number of benzene rings is 1. The Balaban J connectivity index is 0.00000243. The van der Waals surface area contributed by atoms with Gasteiger partial charge in [0.05, 0.1) is 6.10 Å². The molecule has 0 fully saturated rings. The standard InChI is InChI=1S/C20H27N3OS.HI/c21-20(23-13-11-17-8-4-15-25-17)22-12-5-14-24-19-10-3-7-16-6-1-2-9-18(16)19;/h1-2,4,6,8-9,15,19H,3,5,7,10-14H2,(H3,21,22,23);1H. The summed E-state index contributed by atoms with van der Waals surface area (Å²) in [6.07, 6.45) is 5.63. The van der Waals surface area contributed by atoms with Crippen LogP contribution in [0.2, 0.25) is 0 Å². The first kappa shape index (κ1) is 21.2. The third-order valence-electron chi connectivity index (χ3n) is 4.48. The minimum Gasteiger partial charge on any atom is -0.373 e. The molecule has 3 N–H and O–H groups in total. The van der Waals surface area contributed by atoms with E-state index >= 15 is 0 Å². The number of fused-ring (bicyclic) bond motifs is 1. The summed E-state index contributed by atoms with van der Waals surface area (Å²) < 4.78 is 6.09. The van der Waals surface area contributed by atoms with Crippen molar-refractivity contribution < 1.29 is 4.74 Å². The van der Waals surface area contributed by atoms with Gasteiger partial charge in [-0.05, 0) is 54.7 Å². The van der Waals surface area contributed by atoms with Gasteiger partial charge in [-0.25, -0.2) is 0 Å². The zero-order valence-electron chi connectivity index (χ0n) is 15.0. The largest absolute Gasteiger partial charge is 0.373 e. The Bertz CT molecular complexity index is 675. The molecule has 1 aromatic heterocycles. The van der Waals surface area contributed by atoms with E-state index in [0.29, 0.717) is 12.5 Å². The minimum absolute atomic E-state index is 0. The highest BCUT2D eigenvalue weighted by atomic mass is 127. The van der Waals surface area contributed by atoms with Gasteiger partial charge in [-0.15, -0.1) is 35.3 Å². The van der Waals surface area contributed by atoms with Crippen molar-refractivity contribution in [3.05, 3.63) is 57.8 Å². The maximum absolute atomic E-state index is 6.09. The summed E-state index contributed by atoms with van der Waals surface area (Å²) in [6, 6.07) is 12.9. The second-order valence-electron chi connectivity index (χ2n) is 6.33. The van der Waals surface area contributed by atoms with E-state index in [0.717, 1.165) is 32.4 Å². The fourth-order valence-corrected chi connectivity index (χ4v) is 3.91. The van der Waals surface area contributed by atoms with Crippen LogP contribution in [0.4, 0.5) is 0 Å². The number of rotatable bonds is 8. The molecule has 0 aliphatic heterocycles. The van der Waals surface area contributed by atoms with Gasteiger partial charge < -0.3 is 15.8 Å². The van der Waals surface area contributed by atoms with Crippen molar-refractivity contribution in [3.8, 4) is 0 Å². The van der Waals surface area contributed by atoms with E-state index < -0.39 is 0 Å². The highest BCUT2D eigenvalue weighted by Gasteiger charge is 2.19. The lowest BCUT2D eigenvalue weighted by molar-refractivity contribution is 0.0403. The molecule has 0 bridgehead atoms. The molecule has 4 nitrogen and oxygen atoms in total. The van der Waals surface area contributed by atoms with Crippen LogP contribution in [-0.2, 0) is 17.6 Å². The topological polar surface area (TPSA) is 59.6 Å². The first-order chi connectivity index (χ1) is 12.3. The van der Waals surface area contributed by atoms with Crippen LogP contribution in [0.5, 0.6) is 0 Å². The summed E-state index contributed by atoms with van der Waals surface area (Å²) in [5, 5.41) is 5.26. The SMILES string of the molecule is I.NC(=NCCCOC1CCCc2ccccc21)NCCc1cccs1. The summed E-state index contributed by atoms with van der Waals surface area (Å²) in [5.41, 5.74) is 8.71. The number of nitrogens with two attached hydrogens (primary N) is 1. The molecule has 142 valence electrons. The average molecular weight is 485 g/mol. The number of guanidine groups is 1. The van der Waals surface area contributed by atoms with Crippen LogP contribution in [0.1, 0.15) is 41.4 Å². The molecule has 0 amide bonds. The molecule has 0 radical (unpaired) electrons. The number of hydrogen-bond acceptors (Lipinski definition) is 3. The summed E-state index contributed by atoms with van der Waals surface area (Å²) in [5.74, 6) is 0.527. The van der Waals surface area contributed by atoms with Crippen LogP contribution in [-0.4, -0.2) is 25.7 Å². The van der Waals surface area contributed by atoms with E-state index in [2.05, 4.69) is 52.1 Å². The van der Waals surface area contributed by atoms with Crippen LogP contribution in [0.3, 0.4) is 0 Å². The first-order valence-electron chi connectivity index (χ1n) is 9.08. The minimum atomic E-state index is 0. The normalized spacial score (nSPS) is 16.6. The average Bonchev–Trinajstić information content (AvgIpc) is 3.15. The number of thiophene rings is 1. The van der Waals surface area contributed by atoms with E-state index in [1.165, 1.54) is 28.8 Å². The molecular formula is C20H28IN3OS. The first-order valence-corrected chi connectivity index (χ1v) is 9.96. The number of nitrogens with one attached hydrogen (secondary N) is 1. The van der Waals surface area contributed by atoms with Crippen molar-refractivity contribution in [1.29, 1.82) is 0 Å². The molecular weight excluding hydrogens is 457 g/mol. The van der Waals surface area contributed by atoms with E-state index in [9.17, 15) is 0 Å². The molecule has 0 saturated heterocycles. The van der Waals surface area contributed by atoms with Crippen molar-refractivity contribution in [2.75, 3.05) is 19.7 Å². The maximum atomic E-state index is 6.09. The Labute approximate surface area is 177 Å². The molecule has 1 heterocycles. The van der Waals surface area contributed by atoms with Gasteiger partial charge in [0, 0.05) is 24.6 Å². The Morgan fingerprint density at radius 2 is 2.15 bits per heavy atom. The quantitative estimate of drug-likeness (QED) is 0.254. The molecule has 1 aliphatic carbocycles. The van der Waals surface area contributed by atoms with Crippen molar-refractivity contribution in [1.82, 2.24) is 5.32 Å². The maximum Gasteiger partial charge on any atom is 0.188 e. The summed E-state index contributed by atoms with van der Waals surface area (Å²) in [7, 11) is 0. The fourth-order valence-electron chi connectivity index (χ4n) is 3.20. The van der Waals surface area contributed by atoms with Crippen molar-refractivity contribution in [3.63, 3.8) is 0 Å². The van der Waals surface area contributed by atoms with Crippen LogP contribution in [0, 0.1) is 0 Å². The molecule has 2 aromatic rings. The van der Waals surface area contributed by atoms with Gasteiger partial charge in [0.15, 0.2) is 5.96 Å². The van der Waals surface area contributed by atoms with E-state index in [-0.39, 0.29) is 30.1 Å². The van der Waals surface area contributed by atoms with Crippen LogP contribution >= 0.6 is 35.3 Å². The Morgan fingerprint density at radius 3 is 3.00 bits per heavy atom. The number of aryl methyl sites for hydroxylation is 1. The van der Waals surface area contributed by atoms with Crippen molar-refractivity contribution in [2.45, 2.75) is 38.2 Å². The third-order valence-corrected chi connectivity index (χ3v) is 5.41. The molecule has 3 rings (SSSR count). The zero-order valence-corrected chi connectivity index (χ0v) is 18.2. The highest BCUT2D eigenvalue weighted by Crippen LogP contribution is 2.32. The molecule has 0 saturated carbocycles. The van der Waals surface area contributed by atoms with Gasteiger partial charge in [-0.3, -0.25) is 4.99 Å². The molecule has 1 aliphatic rings. The van der Waals surface area contributed by atoms with Crippen molar-refractivity contribution in [2.24, 2.45) is 10.7 Å². The van der Waals surface area contributed by atoms with Gasteiger partial charge in [0.1, 0.15) is 0 Å². The second-order valence-corrected chi connectivity index (χ2v) is 7.36. The summed E-state index contributed by atoms with van der Waals surface area (Å²) in [6.45, 7) is 2.25. The van der Waals surface area contributed by atoms with Gasteiger partial charge in [0.2, 0.25) is 0 Å². The zero-order chi connectivity index (χ0) is 17.3. The second kappa shape index (κ2) is 11.6.